The Morgan fingerprint density at radius 2 is 2.06 bits per heavy atom. The number of thiophene rings is 1. The molecule has 32 heavy (non-hydrogen) atoms. The summed E-state index contributed by atoms with van der Waals surface area (Å²) in [6, 6.07) is 7.56. The molecule has 0 unspecified atom stereocenters. The van der Waals surface area contributed by atoms with Crippen molar-refractivity contribution >= 4 is 21.4 Å². The average molecular weight is 445 g/mol. The highest BCUT2D eigenvalue weighted by atomic mass is 32.1. The van der Waals surface area contributed by atoms with E-state index < -0.39 is 0 Å². The summed E-state index contributed by atoms with van der Waals surface area (Å²) in [7, 11) is 0. The van der Waals surface area contributed by atoms with Gasteiger partial charge in [0.05, 0.1) is 22.0 Å². The molecule has 10 heteroatoms. The second kappa shape index (κ2) is 7.20. The molecule has 1 saturated carbocycles. The van der Waals surface area contributed by atoms with Gasteiger partial charge in [-0.15, -0.1) is 21.5 Å². The van der Waals surface area contributed by atoms with Crippen LogP contribution in [0.15, 0.2) is 54.1 Å². The van der Waals surface area contributed by atoms with Gasteiger partial charge in [0.2, 0.25) is 0 Å². The zero-order chi connectivity index (χ0) is 21.8. The lowest BCUT2D eigenvalue weighted by atomic mass is 10.3. The van der Waals surface area contributed by atoms with Crippen LogP contribution in [0.5, 0.6) is 0 Å². The van der Waals surface area contributed by atoms with Gasteiger partial charge in [-0.25, -0.2) is 9.97 Å². The Morgan fingerprint density at radius 3 is 2.88 bits per heavy atom. The zero-order valence-corrected chi connectivity index (χ0v) is 18.4. The maximum absolute atomic E-state index is 13.3. The van der Waals surface area contributed by atoms with E-state index in [4.69, 9.17) is 0 Å². The number of imidazole rings is 1. The smallest absolute Gasteiger partial charge is 0.281 e. The van der Waals surface area contributed by atoms with Gasteiger partial charge in [0.1, 0.15) is 23.3 Å². The van der Waals surface area contributed by atoms with Gasteiger partial charge in [-0.2, -0.15) is 9.78 Å². The molecule has 160 valence electrons. The highest BCUT2D eigenvalue weighted by Gasteiger charge is 2.26. The fraction of sp³-hybridized carbons (Fsp3) is 0.273. The molecular formula is C22H20N8OS. The number of rotatable bonds is 5. The molecular weight excluding hydrogens is 424 g/mol. The molecule has 0 radical (unpaired) electrons. The summed E-state index contributed by atoms with van der Waals surface area (Å²) in [5.41, 5.74) is 1.55. The minimum Gasteiger partial charge on any atom is -0.310 e. The number of pyridine rings is 1. The maximum atomic E-state index is 13.3. The van der Waals surface area contributed by atoms with Crippen LogP contribution < -0.4 is 5.56 Å². The van der Waals surface area contributed by atoms with Crippen molar-refractivity contribution in [3.63, 3.8) is 0 Å². The number of fused-ring (bicyclic) bond motifs is 1. The molecule has 0 amide bonds. The average Bonchev–Trinajstić information content (AvgIpc) is 3.22. The summed E-state index contributed by atoms with van der Waals surface area (Å²) in [4.78, 5) is 22.4. The van der Waals surface area contributed by atoms with E-state index in [1.54, 1.807) is 18.6 Å². The van der Waals surface area contributed by atoms with Crippen molar-refractivity contribution in [1.82, 2.24) is 39.1 Å². The fourth-order valence-electron chi connectivity index (χ4n) is 3.74. The van der Waals surface area contributed by atoms with Gasteiger partial charge >= 0.3 is 0 Å². The molecule has 1 aliphatic carbocycles. The molecule has 5 aromatic heterocycles. The molecule has 0 aromatic carbocycles. The number of hydrogen-bond acceptors (Lipinski definition) is 7. The first-order valence-corrected chi connectivity index (χ1v) is 11.3. The zero-order valence-electron chi connectivity index (χ0n) is 17.6. The first kappa shape index (κ1) is 19.1. The van der Waals surface area contributed by atoms with Gasteiger partial charge in [0.15, 0.2) is 11.6 Å². The first-order valence-electron chi connectivity index (χ1n) is 10.5. The van der Waals surface area contributed by atoms with Crippen LogP contribution in [-0.4, -0.2) is 39.1 Å². The van der Waals surface area contributed by atoms with Crippen LogP contribution in [0.2, 0.25) is 0 Å². The van der Waals surface area contributed by atoms with Gasteiger partial charge in [-0.05, 0) is 44.9 Å². The molecule has 1 fully saturated rings. The van der Waals surface area contributed by atoms with Crippen LogP contribution in [0.25, 0.3) is 32.4 Å². The standard InChI is InChI=1S/C22H20N8OS/c1-13(2)29-12-24-27-21(29)16-4-3-5-19(26-16)30-22(31)15-8-20(32-18(15)9-25-30)28-10-17(23-11-28)14-6-7-14/h3-5,8-14H,6-7H2,1-2H3. The predicted molar refractivity (Wildman–Crippen MR) is 122 cm³/mol. The van der Waals surface area contributed by atoms with E-state index in [1.807, 2.05) is 33.7 Å². The summed E-state index contributed by atoms with van der Waals surface area (Å²) in [5, 5.41) is 14.2. The molecule has 0 aliphatic heterocycles. The Morgan fingerprint density at radius 1 is 1.19 bits per heavy atom. The van der Waals surface area contributed by atoms with E-state index in [0.717, 1.165) is 15.4 Å². The molecule has 5 heterocycles. The molecule has 6 rings (SSSR count). The van der Waals surface area contributed by atoms with Crippen LogP contribution in [0.3, 0.4) is 0 Å². The lowest BCUT2D eigenvalue weighted by Gasteiger charge is -2.10. The highest BCUT2D eigenvalue weighted by molar-refractivity contribution is 7.21. The Balaban J connectivity index is 1.41. The van der Waals surface area contributed by atoms with E-state index in [0.29, 0.717) is 28.6 Å². The van der Waals surface area contributed by atoms with Gasteiger partial charge in [0.25, 0.3) is 5.56 Å². The Labute approximate surface area is 187 Å². The summed E-state index contributed by atoms with van der Waals surface area (Å²) in [5.74, 6) is 1.68. The number of nitrogens with zero attached hydrogens (tertiary/aromatic N) is 8. The SMILES string of the molecule is CC(C)n1cnnc1-c1cccc(-n2ncc3sc(-n4cnc(C5CC5)c4)cc3c2=O)n1. The third kappa shape index (κ3) is 3.14. The van der Waals surface area contributed by atoms with Crippen LogP contribution in [-0.2, 0) is 0 Å². The molecule has 0 saturated heterocycles. The topological polar surface area (TPSA) is 96.3 Å². The van der Waals surface area contributed by atoms with Crippen molar-refractivity contribution in [1.29, 1.82) is 0 Å². The minimum absolute atomic E-state index is 0.190. The largest absolute Gasteiger partial charge is 0.310 e. The van der Waals surface area contributed by atoms with E-state index in [9.17, 15) is 4.79 Å². The third-order valence-corrected chi connectivity index (χ3v) is 6.71. The molecule has 9 nitrogen and oxygen atoms in total. The molecule has 1 aliphatic rings. The van der Waals surface area contributed by atoms with Gasteiger partial charge < -0.3 is 4.57 Å². The van der Waals surface area contributed by atoms with E-state index in [2.05, 4.69) is 45.3 Å². The monoisotopic (exact) mass is 444 g/mol. The minimum atomic E-state index is -0.206. The van der Waals surface area contributed by atoms with Gasteiger partial charge in [-0.3, -0.25) is 9.36 Å². The van der Waals surface area contributed by atoms with E-state index >= 15 is 0 Å². The van der Waals surface area contributed by atoms with Crippen molar-refractivity contribution in [2.45, 2.75) is 38.6 Å². The fourth-order valence-corrected chi connectivity index (χ4v) is 4.70. The lowest BCUT2D eigenvalue weighted by Crippen LogP contribution is -2.21. The summed E-state index contributed by atoms with van der Waals surface area (Å²) in [6.45, 7) is 4.11. The molecule has 0 atom stereocenters. The van der Waals surface area contributed by atoms with Crippen LogP contribution in [0, 0.1) is 0 Å². The van der Waals surface area contributed by atoms with Gasteiger partial charge in [0, 0.05) is 18.2 Å². The summed E-state index contributed by atoms with van der Waals surface area (Å²) in [6.07, 6.45) is 9.69. The Hall–Kier alpha value is -3.66. The lowest BCUT2D eigenvalue weighted by molar-refractivity contribution is 0.603. The first-order chi connectivity index (χ1) is 15.6. The quantitative estimate of drug-likeness (QED) is 0.410. The van der Waals surface area contributed by atoms with Crippen molar-refractivity contribution in [2.24, 2.45) is 0 Å². The van der Waals surface area contributed by atoms with Crippen LogP contribution in [0.4, 0.5) is 0 Å². The molecule has 0 N–H and O–H groups in total. The number of hydrogen-bond donors (Lipinski definition) is 0. The molecule has 0 bridgehead atoms. The Kier molecular flexibility index (Phi) is 4.29. The Bertz CT molecular complexity index is 1500. The normalized spacial score (nSPS) is 14.0. The number of aromatic nitrogens is 8. The van der Waals surface area contributed by atoms with Crippen molar-refractivity contribution in [3.8, 4) is 22.3 Å². The van der Waals surface area contributed by atoms with Crippen LogP contribution >= 0.6 is 11.3 Å². The second-order valence-corrected chi connectivity index (χ2v) is 9.30. The van der Waals surface area contributed by atoms with E-state index in [1.165, 1.54) is 28.9 Å². The summed E-state index contributed by atoms with van der Waals surface area (Å²) < 4.78 is 6.10. The molecule has 0 spiro atoms. The third-order valence-electron chi connectivity index (χ3n) is 5.62. The maximum Gasteiger partial charge on any atom is 0.281 e. The second-order valence-electron chi connectivity index (χ2n) is 8.24. The predicted octanol–water partition coefficient (Wildman–Crippen LogP) is 3.74. The van der Waals surface area contributed by atoms with Gasteiger partial charge in [-0.1, -0.05) is 6.07 Å². The van der Waals surface area contributed by atoms with Crippen molar-refractivity contribution in [3.05, 3.63) is 65.4 Å². The van der Waals surface area contributed by atoms with Crippen molar-refractivity contribution < 1.29 is 0 Å². The molecule has 5 aromatic rings. The highest BCUT2D eigenvalue weighted by Crippen LogP contribution is 2.39. The summed E-state index contributed by atoms with van der Waals surface area (Å²) >= 11 is 1.53. The van der Waals surface area contributed by atoms with Crippen LogP contribution in [0.1, 0.15) is 44.3 Å². The van der Waals surface area contributed by atoms with E-state index in [-0.39, 0.29) is 11.6 Å². The van der Waals surface area contributed by atoms with Crippen molar-refractivity contribution in [2.75, 3.05) is 0 Å².